The monoisotopic (exact) mass is 367 g/mol. The summed E-state index contributed by atoms with van der Waals surface area (Å²) in [4.78, 5) is 20.7. The molecule has 6 heteroatoms. The summed E-state index contributed by atoms with van der Waals surface area (Å²) in [6, 6.07) is 1.77. The fraction of sp³-hybridized carbons (Fsp3) is 0.500. The Morgan fingerprint density at radius 3 is 2.77 bits per heavy atom. The zero-order valence-corrected chi connectivity index (χ0v) is 14.6. The third kappa shape index (κ3) is 3.87. The molecule has 2 heterocycles. The minimum atomic E-state index is -0.0735. The van der Waals surface area contributed by atoms with E-state index in [9.17, 15) is 9.90 Å². The van der Waals surface area contributed by atoms with E-state index in [-0.39, 0.29) is 11.7 Å². The first-order valence-electron chi connectivity index (χ1n) is 7.61. The number of amides is 1. The minimum absolute atomic E-state index is 0.0445. The standard InChI is InChI=1S/C16H22BrN3O2/c1-3-19(4-2)11-20-7-5-6-14(16(20)22)15(21)12-8-13(17)10-18-9-12/h8-10,21H,3-7,11H2,1-2H3/b15-14+. The van der Waals surface area contributed by atoms with Gasteiger partial charge in [-0.05, 0) is 47.9 Å². The first-order chi connectivity index (χ1) is 10.6. The number of nitrogens with zero attached hydrogens (tertiary/aromatic N) is 3. The molecule has 1 aliphatic rings. The predicted octanol–water partition coefficient (Wildman–Crippen LogP) is 3.03. The molecule has 0 radical (unpaired) electrons. The number of piperidine rings is 1. The lowest BCUT2D eigenvalue weighted by Gasteiger charge is -2.33. The lowest BCUT2D eigenvalue weighted by Crippen LogP contribution is -2.44. The van der Waals surface area contributed by atoms with Gasteiger partial charge in [0.15, 0.2) is 0 Å². The van der Waals surface area contributed by atoms with E-state index < -0.39 is 0 Å². The van der Waals surface area contributed by atoms with Crippen molar-refractivity contribution in [1.82, 2.24) is 14.8 Å². The number of halogens is 1. The van der Waals surface area contributed by atoms with Crippen LogP contribution in [0.5, 0.6) is 0 Å². The van der Waals surface area contributed by atoms with Crippen LogP contribution < -0.4 is 0 Å². The highest BCUT2D eigenvalue weighted by Gasteiger charge is 2.27. The highest BCUT2D eigenvalue weighted by molar-refractivity contribution is 9.10. The van der Waals surface area contributed by atoms with E-state index in [1.807, 2.05) is 4.90 Å². The molecule has 0 unspecified atom stereocenters. The lowest BCUT2D eigenvalue weighted by atomic mass is 10.00. The van der Waals surface area contributed by atoms with Crippen molar-refractivity contribution in [2.45, 2.75) is 26.7 Å². The molecule has 1 saturated heterocycles. The smallest absolute Gasteiger partial charge is 0.254 e. The van der Waals surface area contributed by atoms with Crippen molar-refractivity contribution in [1.29, 1.82) is 0 Å². The summed E-state index contributed by atoms with van der Waals surface area (Å²) in [5.74, 6) is -0.0290. The largest absolute Gasteiger partial charge is 0.507 e. The van der Waals surface area contributed by atoms with Crippen LogP contribution in [0.4, 0.5) is 0 Å². The molecule has 0 bridgehead atoms. The fourth-order valence-corrected chi connectivity index (χ4v) is 2.95. The summed E-state index contributed by atoms with van der Waals surface area (Å²) >= 11 is 3.33. The van der Waals surface area contributed by atoms with E-state index in [0.29, 0.717) is 24.2 Å². The SMILES string of the molecule is CCN(CC)CN1CCC/C(=C(\O)c2cncc(Br)c2)C1=O. The van der Waals surface area contributed by atoms with E-state index in [1.165, 1.54) is 0 Å². The van der Waals surface area contributed by atoms with Gasteiger partial charge in [0.05, 0.1) is 12.2 Å². The molecular weight excluding hydrogens is 346 g/mol. The Bertz CT molecular complexity index is 570. The molecule has 1 N–H and O–H groups in total. The van der Waals surface area contributed by atoms with Crippen molar-refractivity contribution in [2.75, 3.05) is 26.3 Å². The molecule has 22 heavy (non-hydrogen) atoms. The van der Waals surface area contributed by atoms with Crippen molar-refractivity contribution in [3.05, 3.63) is 34.1 Å². The topological polar surface area (TPSA) is 56.7 Å². The zero-order valence-electron chi connectivity index (χ0n) is 13.0. The van der Waals surface area contributed by atoms with E-state index in [1.54, 1.807) is 18.5 Å². The van der Waals surface area contributed by atoms with E-state index in [2.05, 4.69) is 39.7 Å². The summed E-state index contributed by atoms with van der Waals surface area (Å²) in [6.07, 6.45) is 4.69. The number of carbonyl (C=O) groups is 1. The van der Waals surface area contributed by atoms with Crippen molar-refractivity contribution in [3.8, 4) is 0 Å². The van der Waals surface area contributed by atoms with Gasteiger partial charge in [0.1, 0.15) is 5.76 Å². The van der Waals surface area contributed by atoms with Crippen LogP contribution in [0.2, 0.25) is 0 Å². The Morgan fingerprint density at radius 2 is 2.14 bits per heavy atom. The quantitative estimate of drug-likeness (QED) is 0.641. The van der Waals surface area contributed by atoms with E-state index >= 15 is 0 Å². The minimum Gasteiger partial charge on any atom is -0.507 e. The van der Waals surface area contributed by atoms with Gasteiger partial charge in [-0.3, -0.25) is 14.7 Å². The Morgan fingerprint density at radius 1 is 1.41 bits per heavy atom. The molecule has 0 atom stereocenters. The predicted molar refractivity (Wildman–Crippen MR) is 90.2 cm³/mol. The molecule has 0 saturated carbocycles. The van der Waals surface area contributed by atoms with Crippen LogP contribution in [-0.2, 0) is 4.79 Å². The van der Waals surface area contributed by atoms with Gasteiger partial charge in [0, 0.05) is 29.0 Å². The molecule has 1 aromatic heterocycles. The van der Waals surface area contributed by atoms with Crippen LogP contribution in [0.15, 0.2) is 28.5 Å². The maximum Gasteiger partial charge on any atom is 0.254 e. The number of rotatable bonds is 5. The molecule has 120 valence electrons. The molecule has 1 amide bonds. The molecule has 1 fully saturated rings. The summed E-state index contributed by atoms with van der Waals surface area (Å²) in [5, 5.41) is 10.5. The average molecular weight is 368 g/mol. The third-order valence-corrected chi connectivity index (χ3v) is 4.36. The Labute approximate surface area is 139 Å². The highest BCUT2D eigenvalue weighted by Crippen LogP contribution is 2.26. The zero-order chi connectivity index (χ0) is 16.1. The summed E-state index contributed by atoms with van der Waals surface area (Å²) in [5.41, 5.74) is 1.06. The summed E-state index contributed by atoms with van der Waals surface area (Å²) in [7, 11) is 0. The number of pyridine rings is 1. The van der Waals surface area contributed by atoms with Crippen LogP contribution in [0.25, 0.3) is 5.76 Å². The molecule has 0 aliphatic carbocycles. The normalized spacial score (nSPS) is 18.0. The van der Waals surface area contributed by atoms with Crippen molar-refractivity contribution >= 4 is 27.6 Å². The van der Waals surface area contributed by atoms with Crippen LogP contribution in [0, 0.1) is 0 Å². The van der Waals surface area contributed by atoms with Gasteiger partial charge in [-0.15, -0.1) is 0 Å². The van der Waals surface area contributed by atoms with Crippen LogP contribution in [0.3, 0.4) is 0 Å². The number of likely N-dealkylation sites (tertiary alicyclic amines) is 1. The van der Waals surface area contributed by atoms with Crippen molar-refractivity contribution < 1.29 is 9.90 Å². The summed E-state index contributed by atoms with van der Waals surface area (Å²) < 4.78 is 0.778. The van der Waals surface area contributed by atoms with Gasteiger partial charge in [-0.1, -0.05) is 13.8 Å². The maximum atomic E-state index is 12.6. The second-order valence-electron chi connectivity index (χ2n) is 5.34. The Hall–Kier alpha value is -1.40. The second kappa shape index (κ2) is 7.74. The fourth-order valence-electron chi connectivity index (χ4n) is 2.58. The van der Waals surface area contributed by atoms with Crippen LogP contribution in [0.1, 0.15) is 32.3 Å². The van der Waals surface area contributed by atoms with Gasteiger partial charge < -0.3 is 10.0 Å². The second-order valence-corrected chi connectivity index (χ2v) is 6.25. The van der Waals surface area contributed by atoms with E-state index in [4.69, 9.17) is 0 Å². The molecule has 2 rings (SSSR count). The first kappa shape index (κ1) is 17.0. The Balaban J connectivity index is 2.23. The molecule has 0 spiro atoms. The van der Waals surface area contributed by atoms with Crippen LogP contribution in [-0.4, -0.2) is 52.1 Å². The molecule has 0 aromatic carbocycles. The number of hydrogen-bond acceptors (Lipinski definition) is 4. The number of carbonyl (C=O) groups excluding carboxylic acids is 1. The van der Waals surface area contributed by atoms with Crippen molar-refractivity contribution in [3.63, 3.8) is 0 Å². The summed E-state index contributed by atoms with van der Waals surface area (Å²) in [6.45, 7) is 7.32. The number of aromatic nitrogens is 1. The van der Waals surface area contributed by atoms with Gasteiger partial charge in [-0.2, -0.15) is 0 Å². The van der Waals surface area contributed by atoms with Gasteiger partial charge in [0.2, 0.25) is 0 Å². The number of aliphatic hydroxyl groups is 1. The Kier molecular flexibility index (Phi) is 5.97. The van der Waals surface area contributed by atoms with Gasteiger partial charge >= 0.3 is 0 Å². The van der Waals surface area contributed by atoms with E-state index in [0.717, 1.165) is 30.5 Å². The average Bonchev–Trinajstić information content (AvgIpc) is 2.53. The van der Waals surface area contributed by atoms with Gasteiger partial charge in [0.25, 0.3) is 5.91 Å². The van der Waals surface area contributed by atoms with Gasteiger partial charge in [-0.25, -0.2) is 0 Å². The molecular formula is C16H22BrN3O2. The highest BCUT2D eigenvalue weighted by atomic mass is 79.9. The number of hydrogen-bond donors (Lipinski definition) is 1. The number of aliphatic hydroxyl groups excluding tert-OH is 1. The molecule has 1 aromatic rings. The lowest BCUT2D eigenvalue weighted by molar-refractivity contribution is -0.130. The van der Waals surface area contributed by atoms with Crippen molar-refractivity contribution in [2.24, 2.45) is 0 Å². The third-order valence-electron chi connectivity index (χ3n) is 3.93. The maximum absolute atomic E-state index is 12.6. The first-order valence-corrected chi connectivity index (χ1v) is 8.40. The van der Waals surface area contributed by atoms with Crippen LogP contribution >= 0.6 is 15.9 Å². The molecule has 5 nitrogen and oxygen atoms in total. The molecule has 1 aliphatic heterocycles.